The van der Waals surface area contributed by atoms with Crippen molar-refractivity contribution in [3.63, 3.8) is 0 Å². The first kappa shape index (κ1) is 15.3. The van der Waals surface area contributed by atoms with Crippen molar-refractivity contribution in [2.75, 3.05) is 0 Å². The van der Waals surface area contributed by atoms with Crippen LogP contribution in [0.5, 0.6) is 11.5 Å². The lowest BCUT2D eigenvalue weighted by molar-refractivity contribution is -0.386. The van der Waals surface area contributed by atoms with Gasteiger partial charge in [-0.15, -0.1) is 0 Å². The molecule has 1 aromatic rings. The molecule has 2 rings (SSSR count). The number of nitro benzene ring substituents is 1. The van der Waals surface area contributed by atoms with Crippen LogP contribution in [0.15, 0.2) is 12.1 Å². The summed E-state index contributed by atoms with van der Waals surface area (Å²) < 4.78 is 10.9. The lowest BCUT2D eigenvalue weighted by atomic mass is 9.71. The Morgan fingerprint density at radius 1 is 1.33 bits per heavy atom. The van der Waals surface area contributed by atoms with Gasteiger partial charge < -0.3 is 9.47 Å². The number of hydrogen-bond donors (Lipinski definition) is 0. The van der Waals surface area contributed by atoms with Crippen molar-refractivity contribution >= 4 is 11.7 Å². The molecule has 0 aliphatic carbocycles. The highest BCUT2D eigenvalue weighted by molar-refractivity contribution is 5.70. The molecule has 0 N–H and O–H groups in total. The van der Waals surface area contributed by atoms with Crippen molar-refractivity contribution < 1.29 is 19.2 Å². The molecular weight excluding hydrogens is 274 g/mol. The minimum Gasteiger partial charge on any atom is -0.480 e. The Hall–Kier alpha value is -2.11. The predicted molar refractivity (Wildman–Crippen MR) is 76.6 cm³/mol. The minimum absolute atomic E-state index is 0.173. The average Bonchev–Trinajstić information content (AvgIpc) is 2.28. The summed E-state index contributed by atoms with van der Waals surface area (Å²) in [5, 5.41) is 11.3. The number of carbonyl (C=O) groups is 1. The molecular formula is C15H19NO5. The molecule has 0 fully saturated rings. The number of rotatable bonds is 2. The van der Waals surface area contributed by atoms with Gasteiger partial charge in [0.1, 0.15) is 11.4 Å². The molecule has 0 unspecified atom stereocenters. The van der Waals surface area contributed by atoms with Gasteiger partial charge in [-0.25, -0.2) is 0 Å². The van der Waals surface area contributed by atoms with Gasteiger partial charge in [-0.2, -0.15) is 0 Å². The van der Waals surface area contributed by atoms with Crippen LogP contribution in [0, 0.1) is 15.5 Å². The summed E-state index contributed by atoms with van der Waals surface area (Å²) in [6, 6.07) is 2.87. The molecule has 0 radical (unpaired) electrons. The van der Waals surface area contributed by atoms with E-state index in [0.717, 1.165) is 0 Å². The zero-order valence-corrected chi connectivity index (χ0v) is 12.9. The number of hydrogen-bond acceptors (Lipinski definition) is 5. The van der Waals surface area contributed by atoms with E-state index in [1.165, 1.54) is 13.0 Å². The molecule has 6 nitrogen and oxygen atoms in total. The highest BCUT2D eigenvalue weighted by Crippen LogP contribution is 2.49. The van der Waals surface area contributed by atoms with E-state index in [2.05, 4.69) is 0 Å². The second kappa shape index (κ2) is 4.72. The van der Waals surface area contributed by atoms with Crippen molar-refractivity contribution in [3.8, 4) is 11.5 Å². The third-order valence-electron chi connectivity index (χ3n) is 4.20. The molecule has 21 heavy (non-hydrogen) atoms. The SMILES string of the molecule is CC(=O)Oc1cc2c(c([N+](=O)[O-])c1)OC(C)(C)C(C)(C)C2. The standard InChI is InChI=1S/C15H19NO5/c1-9(17)20-11-6-10-8-14(2,3)15(4,5)21-13(10)12(7-11)16(18)19/h6-7H,8H2,1-5H3. The van der Waals surface area contributed by atoms with Crippen LogP contribution in [0.4, 0.5) is 5.69 Å². The lowest BCUT2D eigenvalue weighted by Gasteiger charge is -2.45. The van der Waals surface area contributed by atoms with Gasteiger partial charge in [0, 0.05) is 17.9 Å². The van der Waals surface area contributed by atoms with Gasteiger partial charge >= 0.3 is 11.7 Å². The summed E-state index contributed by atoms with van der Waals surface area (Å²) in [6.07, 6.45) is 0.602. The molecule has 114 valence electrons. The molecule has 0 atom stereocenters. The molecule has 1 aliphatic rings. The molecule has 0 amide bonds. The largest absolute Gasteiger partial charge is 0.480 e. The monoisotopic (exact) mass is 293 g/mol. The second-order valence-electron chi connectivity index (χ2n) is 6.45. The number of nitro groups is 1. The van der Waals surface area contributed by atoms with Gasteiger partial charge in [-0.05, 0) is 26.3 Å². The van der Waals surface area contributed by atoms with E-state index >= 15 is 0 Å². The van der Waals surface area contributed by atoms with Crippen LogP contribution in [0.3, 0.4) is 0 Å². The molecule has 1 aromatic carbocycles. The molecule has 1 heterocycles. The average molecular weight is 293 g/mol. The Labute approximate surface area is 123 Å². The number of carbonyl (C=O) groups excluding carboxylic acids is 1. The highest BCUT2D eigenvalue weighted by atomic mass is 16.6. The summed E-state index contributed by atoms with van der Waals surface area (Å²) >= 11 is 0. The fourth-order valence-corrected chi connectivity index (χ4v) is 2.34. The first-order valence-corrected chi connectivity index (χ1v) is 6.72. The third kappa shape index (κ3) is 2.70. The van der Waals surface area contributed by atoms with Gasteiger partial charge in [0.15, 0.2) is 0 Å². The maximum absolute atomic E-state index is 11.3. The summed E-state index contributed by atoms with van der Waals surface area (Å²) in [7, 11) is 0. The van der Waals surface area contributed by atoms with E-state index in [-0.39, 0.29) is 22.6 Å². The summed E-state index contributed by atoms with van der Waals surface area (Å²) in [6.45, 7) is 9.18. The zero-order chi connectivity index (χ0) is 16.0. The number of nitrogens with zero attached hydrogens (tertiary/aromatic N) is 1. The number of esters is 1. The Bertz CT molecular complexity index is 619. The molecule has 6 heteroatoms. The van der Waals surface area contributed by atoms with E-state index in [0.29, 0.717) is 12.0 Å². The van der Waals surface area contributed by atoms with E-state index in [9.17, 15) is 14.9 Å². The van der Waals surface area contributed by atoms with Crippen molar-refractivity contribution in [1.82, 2.24) is 0 Å². The molecule has 0 aromatic heterocycles. The van der Waals surface area contributed by atoms with E-state index in [1.54, 1.807) is 6.07 Å². The fourth-order valence-electron chi connectivity index (χ4n) is 2.34. The highest BCUT2D eigenvalue weighted by Gasteiger charge is 2.45. The van der Waals surface area contributed by atoms with Crippen molar-refractivity contribution in [3.05, 3.63) is 27.8 Å². The Morgan fingerprint density at radius 3 is 2.48 bits per heavy atom. The summed E-state index contributed by atoms with van der Waals surface area (Å²) in [5.41, 5.74) is -0.228. The zero-order valence-electron chi connectivity index (χ0n) is 12.9. The predicted octanol–water partition coefficient (Wildman–Crippen LogP) is 3.26. The van der Waals surface area contributed by atoms with Gasteiger partial charge in [0.2, 0.25) is 5.75 Å². The first-order valence-electron chi connectivity index (χ1n) is 6.72. The fraction of sp³-hybridized carbons (Fsp3) is 0.533. The number of benzene rings is 1. The Balaban J connectivity index is 2.59. The van der Waals surface area contributed by atoms with E-state index in [4.69, 9.17) is 9.47 Å². The molecule has 0 saturated carbocycles. The maximum atomic E-state index is 11.3. The molecule has 1 aliphatic heterocycles. The third-order valence-corrected chi connectivity index (χ3v) is 4.20. The van der Waals surface area contributed by atoms with Gasteiger partial charge in [0.25, 0.3) is 0 Å². The van der Waals surface area contributed by atoms with Crippen LogP contribution in [-0.4, -0.2) is 16.5 Å². The van der Waals surface area contributed by atoms with Crippen LogP contribution in [0.2, 0.25) is 0 Å². The van der Waals surface area contributed by atoms with Gasteiger partial charge in [-0.3, -0.25) is 14.9 Å². The van der Waals surface area contributed by atoms with Crippen molar-refractivity contribution in [1.29, 1.82) is 0 Å². The van der Waals surface area contributed by atoms with Crippen LogP contribution < -0.4 is 9.47 Å². The molecule has 0 spiro atoms. The maximum Gasteiger partial charge on any atom is 0.314 e. The smallest absolute Gasteiger partial charge is 0.314 e. The van der Waals surface area contributed by atoms with E-state index in [1.807, 2.05) is 27.7 Å². The van der Waals surface area contributed by atoms with Crippen LogP contribution >= 0.6 is 0 Å². The quantitative estimate of drug-likeness (QED) is 0.362. The van der Waals surface area contributed by atoms with E-state index < -0.39 is 16.5 Å². The van der Waals surface area contributed by atoms with Crippen LogP contribution in [0.25, 0.3) is 0 Å². The number of fused-ring (bicyclic) bond motifs is 1. The van der Waals surface area contributed by atoms with Crippen molar-refractivity contribution in [2.45, 2.75) is 46.6 Å². The van der Waals surface area contributed by atoms with Gasteiger partial charge in [-0.1, -0.05) is 13.8 Å². The summed E-state index contributed by atoms with van der Waals surface area (Å²) in [4.78, 5) is 21.8. The minimum atomic E-state index is -0.534. The lowest BCUT2D eigenvalue weighted by Crippen LogP contribution is -2.48. The van der Waals surface area contributed by atoms with Crippen LogP contribution in [-0.2, 0) is 11.2 Å². The Morgan fingerprint density at radius 2 is 1.95 bits per heavy atom. The normalized spacial score (nSPS) is 18.3. The summed E-state index contributed by atoms with van der Waals surface area (Å²) in [5.74, 6) is -0.0761. The van der Waals surface area contributed by atoms with Crippen molar-refractivity contribution in [2.24, 2.45) is 5.41 Å². The van der Waals surface area contributed by atoms with Crippen LogP contribution in [0.1, 0.15) is 40.2 Å². The first-order chi connectivity index (χ1) is 9.53. The topological polar surface area (TPSA) is 78.7 Å². The van der Waals surface area contributed by atoms with Gasteiger partial charge in [0.05, 0.1) is 11.0 Å². The molecule has 0 bridgehead atoms. The number of ether oxygens (including phenoxy) is 2. The Kier molecular flexibility index (Phi) is 3.43. The molecule has 0 saturated heterocycles. The second-order valence-corrected chi connectivity index (χ2v) is 6.45.